The van der Waals surface area contributed by atoms with Crippen molar-refractivity contribution in [3.8, 4) is 0 Å². The Morgan fingerprint density at radius 2 is 2.39 bits per heavy atom. The molecule has 2 heterocycles. The number of nitrogens with one attached hydrogen (secondary N) is 1. The van der Waals surface area contributed by atoms with Gasteiger partial charge in [-0.2, -0.15) is 5.10 Å². The minimum absolute atomic E-state index is 0.0912. The van der Waals surface area contributed by atoms with Gasteiger partial charge in [-0.25, -0.2) is 0 Å². The summed E-state index contributed by atoms with van der Waals surface area (Å²) in [7, 11) is 1.70. The second kappa shape index (κ2) is 5.69. The number of H-pyrrole nitrogens is 1. The summed E-state index contributed by atoms with van der Waals surface area (Å²) in [6.07, 6.45) is -0.0912. The number of hydrogen-bond acceptors (Lipinski definition) is 4. The highest BCUT2D eigenvalue weighted by Gasteiger charge is 2.23. The van der Waals surface area contributed by atoms with Crippen molar-refractivity contribution in [1.29, 1.82) is 0 Å². The number of nitrogens with zero attached hydrogens (tertiary/aromatic N) is 2. The molecule has 0 unspecified atom stereocenters. The highest BCUT2D eigenvalue weighted by atomic mass is 35.5. The van der Waals surface area contributed by atoms with Crippen LogP contribution >= 0.6 is 11.6 Å². The van der Waals surface area contributed by atoms with E-state index in [0.717, 1.165) is 0 Å². The van der Waals surface area contributed by atoms with Crippen molar-refractivity contribution in [2.24, 2.45) is 0 Å². The molecular formula is C11H16ClN3O3. The lowest BCUT2D eigenvalue weighted by atomic mass is 10.3. The fourth-order valence-electron chi connectivity index (χ4n) is 1.77. The zero-order chi connectivity index (χ0) is 13.1. The molecule has 1 N–H and O–H groups in total. The molecule has 1 aliphatic rings. The number of likely N-dealkylation sites (N-methyl/N-ethyl adjacent to an activating group) is 1. The Balaban J connectivity index is 1.98. The van der Waals surface area contributed by atoms with E-state index in [2.05, 4.69) is 10.2 Å². The van der Waals surface area contributed by atoms with E-state index < -0.39 is 0 Å². The van der Waals surface area contributed by atoms with Gasteiger partial charge in [-0.15, -0.1) is 0 Å². The lowest BCUT2D eigenvalue weighted by Gasteiger charge is -2.27. The van der Waals surface area contributed by atoms with Crippen LogP contribution in [0.3, 0.4) is 0 Å². The molecule has 0 bridgehead atoms. The quantitative estimate of drug-likeness (QED) is 0.887. The molecule has 0 spiro atoms. The maximum Gasteiger partial charge on any atom is 0.275 e. The SMILES string of the molecule is Cc1[nH]nc(C(=O)N(C)C[C@@H]2COCCO2)c1Cl. The summed E-state index contributed by atoms with van der Waals surface area (Å²) in [5.74, 6) is -0.224. The third kappa shape index (κ3) is 2.82. The molecule has 2 rings (SSSR count). The number of aromatic amines is 1. The van der Waals surface area contributed by atoms with E-state index in [1.165, 1.54) is 0 Å². The number of rotatable bonds is 3. The molecular weight excluding hydrogens is 258 g/mol. The zero-order valence-corrected chi connectivity index (χ0v) is 11.2. The van der Waals surface area contributed by atoms with E-state index in [0.29, 0.717) is 37.1 Å². The lowest BCUT2D eigenvalue weighted by molar-refractivity contribution is -0.0933. The fraction of sp³-hybridized carbons (Fsp3) is 0.636. The highest BCUT2D eigenvalue weighted by molar-refractivity contribution is 6.34. The summed E-state index contributed by atoms with van der Waals surface area (Å²) in [6, 6.07) is 0. The number of carbonyl (C=O) groups is 1. The number of amides is 1. The van der Waals surface area contributed by atoms with E-state index in [1.807, 2.05) is 0 Å². The van der Waals surface area contributed by atoms with Crippen molar-refractivity contribution < 1.29 is 14.3 Å². The smallest absolute Gasteiger partial charge is 0.275 e. The Kier molecular flexibility index (Phi) is 4.21. The van der Waals surface area contributed by atoms with Crippen LogP contribution in [0.1, 0.15) is 16.2 Å². The number of aromatic nitrogens is 2. The molecule has 1 saturated heterocycles. The molecule has 1 aliphatic heterocycles. The molecule has 1 aromatic rings. The minimum Gasteiger partial charge on any atom is -0.376 e. The second-order valence-corrected chi connectivity index (χ2v) is 4.64. The van der Waals surface area contributed by atoms with Gasteiger partial charge < -0.3 is 14.4 Å². The predicted molar refractivity (Wildman–Crippen MR) is 65.9 cm³/mol. The number of ether oxygens (including phenoxy) is 2. The molecule has 1 atom stereocenters. The number of hydrogen-bond donors (Lipinski definition) is 1. The summed E-state index contributed by atoms with van der Waals surface area (Å²) >= 11 is 5.99. The standard InChI is InChI=1S/C11H16ClN3O3/c1-7-9(12)10(14-13-7)11(16)15(2)5-8-6-17-3-4-18-8/h8H,3-6H2,1-2H3,(H,13,14)/t8-/m1/s1. The topological polar surface area (TPSA) is 67.5 Å². The van der Waals surface area contributed by atoms with E-state index in [9.17, 15) is 4.79 Å². The molecule has 0 aromatic carbocycles. The molecule has 1 fully saturated rings. The van der Waals surface area contributed by atoms with Crippen molar-refractivity contribution in [2.75, 3.05) is 33.4 Å². The predicted octanol–water partition coefficient (Wildman–Crippen LogP) is 0.859. The maximum absolute atomic E-state index is 12.1. The van der Waals surface area contributed by atoms with Crippen LogP contribution in [-0.2, 0) is 9.47 Å². The first-order valence-corrected chi connectivity index (χ1v) is 6.12. The van der Waals surface area contributed by atoms with Crippen LogP contribution in [0.5, 0.6) is 0 Å². The van der Waals surface area contributed by atoms with E-state index in [4.69, 9.17) is 21.1 Å². The van der Waals surface area contributed by atoms with Gasteiger partial charge in [0, 0.05) is 13.6 Å². The first kappa shape index (κ1) is 13.3. The molecule has 18 heavy (non-hydrogen) atoms. The molecule has 7 heteroatoms. The van der Waals surface area contributed by atoms with Crippen LogP contribution in [0.2, 0.25) is 5.02 Å². The fourth-order valence-corrected chi connectivity index (χ4v) is 1.93. The Bertz CT molecular complexity index is 429. The summed E-state index contributed by atoms with van der Waals surface area (Å²) < 4.78 is 10.8. The Morgan fingerprint density at radius 3 is 2.94 bits per heavy atom. The van der Waals surface area contributed by atoms with Gasteiger partial charge in [-0.05, 0) is 6.92 Å². The van der Waals surface area contributed by atoms with Crippen LogP contribution in [-0.4, -0.2) is 60.5 Å². The van der Waals surface area contributed by atoms with Crippen molar-refractivity contribution in [3.63, 3.8) is 0 Å². The van der Waals surface area contributed by atoms with Crippen molar-refractivity contribution >= 4 is 17.5 Å². The molecule has 100 valence electrons. The minimum atomic E-state index is -0.224. The monoisotopic (exact) mass is 273 g/mol. The van der Waals surface area contributed by atoms with Gasteiger partial charge in [0.1, 0.15) is 0 Å². The number of aryl methyl sites for hydroxylation is 1. The molecule has 1 aromatic heterocycles. The zero-order valence-electron chi connectivity index (χ0n) is 10.4. The molecule has 0 radical (unpaired) electrons. The average Bonchev–Trinajstić information content (AvgIpc) is 2.70. The summed E-state index contributed by atoms with van der Waals surface area (Å²) in [5.41, 5.74) is 0.930. The van der Waals surface area contributed by atoms with Crippen LogP contribution in [0.4, 0.5) is 0 Å². The Hall–Kier alpha value is -1.11. The van der Waals surface area contributed by atoms with E-state index in [-0.39, 0.29) is 17.7 Å². The van der Waals surface area contributed by atoms with Crippen LogP contribution < -0.4 is 0 Å². The summed E-state index contributed by atoms with van der Waals surface area (Å²) in [5, 5.41) is 6.97. The molecule has 0 aliphatic carbocycles. The first-order valence-electron chi connectivity index (χ1n) is 5.75. The molecule has 1 amide bonds. The second-order valence-electron chi connectivity index (χ2n) is 4.26. The summed E-state index contributed by atoms with van der Waals surface area (Å²) in [6.45, 7) is 3.91. The van der Waals surface area contributed by atoms with E-state index >= 15 is 0 Å². The normalized spacial score (nSPS) is 19.8. The third-order valence-corrected chi connectivity index (χ3v) is 3.25. The summed E-state index contributed by atoms with van der Waals surface area (Å²) in [4.78, 5) is 13.7. The van der Waals surface area contributed by atoms with Gasteiger partial charge >= 0.3 is 0 Å². The van der Waals surface area contributed by atoms with Gasteiger partial charge in [0.15, 0.2) is 5.69 Å². The van der Waals surface area contributed by atoms with Gasteiger partial charge in [-0.1, -0.05) is 11.6 Å². The van der Waals surface area contributed by atoms with Crippen molar-refractivity contribution in [2.45, 2.75) is 13.0 Å². The van der Waals surface area contributed by atoms with Gasteiger partial charge in [-0.3, -0.25) is 9.89 Å². The van der Waals surface area contributed by atoms with Crippen LogP contribution in [0.15, 0.2) is 0 Å². The number of halogens is 1. The maximum atomic E-state index is 12.1. The number of carbonyl (C=O) groups excluding carboxylic acids is 1. The third-order valence-electron chi connectivity index (χ3n) is 2.78. The van der Waals surface area contributed by atoms with Crippen LogP contribution in [0, 0.1) is 6.92 Å². The van der Waals surface area contributed by atoms with Crippen molar-refractivity contribution in [1.82, 2.24) is 15.1 Å². The van der Waals surface area contributed by atoms with Crippen molar-refractivity contribution in [3.05, 3.63) is 16.4 Å². The Morgan fingerprint density at radius 1 is 1.61 bits per heavy atom. The van der Waals surface area contributed by atoms with Gasteiger partial charge in [0.2, 0.25) is 0 Å². The Labute approximate surface area is 110 Å². The molecule has 0 saturated carbocycles. The highest BCUT2D eigenvalue weighted by Crippen LogP contribution is 2.18. The van der Waals surface area contributed by atoms with Gasteiger partial charge in [0.25, 0.3) is 5.91 Å². The average molecular weight is 274 g/mol. The van der Waals surface area contributed by atoms with Gasteiger partial charge in [0.05, 0.1) is 36.6 Å². The first-order chi connectivity index (χ1) is 8.59. The van der Waals surface area contributed by atoms with E-state index in [1.54, 1.807) is 18.9 Å². The lowest BCUT2D eigenvalue weighted by Crippen LogP contribution is -2.41. The molecule has 6 nitrogen and oxygen atoms in total. The van der Waals surface area contributed by atoms with Crippen LogP contribution in [0.25, 0.3) is 0 Å². The largest absolute Gasteiger partial charge is 0.376 e.